The number of nitrogens with zero attached hydrogens (tertiary/aromatic N) is 4. The summed E-state index contributed by atoms with van der Waals surface area (Å²) in [6.07, 6.45) is 6.51. The molecule has 0 bridgehead atoms. The van der Waals surface area contributed by atoms with E-state index < -0.39 is 6.10 Å². The SMILES string of the molecule is Cc1c(CCC(=O)N[C@H]2C[C@@H](O)[C@@H]2n2cccn2)cnn1C. The molecule has 7 heteroatoms. The number of hydrogen-bond donors (Lipinski definition) is 2. The van der Waals surface area contributed by atoms with Crippen LogP contribution in [0.3, 0.4) is 0 Å². The van der Waals surface area contributed by atoms with Crippen molar-refractivity contribution in [1.82, 2.24) is 24.9 Å². The maximum Gasteiger partial charge on any atom is 0.220 e. The minimum absolute atomic E-state index is 0.00249. The van der Waals surface area contributed by atoms with Crippen molar-refractivity contribution in [3.63, 3.8) is 0 Å². The number of amides is 1. The van der Waals surface area contributed by atoms with Gasteiger partial charge < -0.3 is 10.4 Å². The third kappa shape index (κ3) is 2.76. The molecule has 22 heavy (non-hydrogen) atoms. The van der Waals surface area contributed by atoms with Gasteiger partial charge in [0.2, 0.25) is 5.91 Å². The lowest BCUT2D eigenvalue weighted by Crippen LogP contribution is -2.56. The van der Waals surface area contributed by atoms with Crippen molar-refractivity contribution < 1.29 is 9.90 Å². The van der Waals surface area contributed by atoms with Gasteiger partial charge >= 0.3 is 0 Å². The number of aryl methyl sites for hydroxylation is 2. The highest BCUT2D eigenvalue weighted by Gasteiger charge is 2.42. The predicted octanol–water partition coefficient (Wildman–Crippen LogP) is 0.348. The Kier molecular flexibility index (Phi) is 3.98. The lowest BCUT2D eigenvalue weighted by atomic mass is 9.83. The first-order chi connectivity index (χ1) is 10.6. The fraction of sp³-hybridized carbons (Fsp3) is 0.533. The van der Waals surface area contributed by atoms with E-state index in [9.17, 15) is 9.90 Å². The van der Waals surface area contributed by atoms with E-state index in [0.29, 0.717) is 19.3 Å². The van der Waals surface area contributed by atoms with Gasteiger partial charge in [-0.15, -0.1) is 0 Å². The van der Waals surface area contributed by atoms with Gasteiger partial charge in [0, 0.05) is 31.6 Å². The van der Waals surface area contributed by atoms with Crippen molar-refractivity contribution in [3.05, 3.63) is 35.9 Å². The van der Waals surface area contributed by atoms with Gasteiger partial charge in [-0.05, 0) is 31.4 Å². The van der Waals surface area contributed by atoms with E-state index in [2.05, 4.69) is 15.5 Å². The molecule has 3 atom stereocenters. The van der Waals surface area contributed by atoms with Crippen LogP contribution < -0.4 is 5.32 Å². The molecule has 0 radical (unpaired) electrons. The van der Waals surface area contributed by atoms with Crippen molar-refractivity contribution in [1.29, 1.82) is 0 Å². The molecule has 0 saturated heterocycles. The van der Waals surface area contributed by atoms with E-state index >= 15 is 0 Å². The maximum atomic E-state index is 12.1. The molecule has 1 fully saturated rings. The highest BCUT2D eigenvalue weighted by atomic mass is 16.3. The average Bonchev–Trinajstić information content (AvgIpc) is 3.08. The van der Waals surface area contributed by atoms with E-state index in [1.165, 1.54) is 0 Å². The summed E-state index contributed by atoms with van der Waals surface area (Å²) in [7, 11) is 1.89. The third-order valence-corrected chi connectivity index (χ3v) is 4.44. The average molecular weight is 303 g/mol. The third-order valence-electron chi connectivity index (χ3n) is 4.44. The molecule has 2 N–H and O–H groups in total. The van der Waals surface area contributed by atoms with E-state index in [4.69, 9.17) is 0 Å². The minimum Gasteiger partial charge on any atom is -0.391 e. The van der Waals surface area contributed by atoms with Crippen LogP contribution in [0.25, 0.3) is 0 Å². The number of carbonyl (C=O) groups excluding carboxylic acids is 1. The van der Waals surface area contributed by atoms with Gasteiger partial charge in [-0.1, -0.05) is 0 Å². The summed E-state index contributed by atoms with van der Waals surface area (Å²) in [6, 6.07) is 1.59. The largest absolute Gasteiger partial charge is 0.391 e. The molecule has 2 aromatic rings. The van der Waals surface area contributed by atoms with Crippen molar-refractivity contribution >= 4 is 5.91 Å². The Hall–Kier alpha value is -2.15. The van der Waals surface area contributed by atoms with Gasteiger partial charge in [0.15, 0.2) is 0 Å². The number of nitrogens with one attached hydrogen (secondary N) is 1. The molecule has 0 unspecified atom stereocenters. The number of aromatic nitrogens is 4. The van der Waals surface area contributed by atoms with Crippen molar-refractivity contribution in [3.8, 4) is 0 Å². The zero-order valence-electron chi connectivity index (χ0n) is 12.8. The van der Waals surface area contributed by atoms with Crippen LogP contribution in [0.1, 0.15) is 30.1 Å². The molecule has 0 aliphatic heterocycles. The van der Waals surface area contributed by atoms with Crippen LogP contribution in [-0.2, 0) is 18.3 Å². The lowest BCUT2D eigenvalue weighted by molar-refractivity contribution is -0.124. The molecule has 1 amide bonds. The zero-order chi connectivity index (χ0) is 15.7. The van der Waals surface area contributed by atoms with Crippen LogP contribution in [0.5, 0.6) is 0 Å². The summed E-state index contributed by atoms with van der Waals surface area (Å²) in [5.41, 5.74) is 2.18. The van der Waals surface area contributed by atoms with Gasteiger partial charge in [-0.25, -0.2) is 0 Å². The number of carbonyl (C=O) groups is 1. The van der Waals surface area contributed by atoms with Crippen LogP contribution in [0.15, 0.2) is 24.7 Å². The monoisotopic (exact) mass is 303 g/mol. The Morgan fingerprint density at radius 3 is 2.91 bits per heavy atom. The molecular weight excluding hydrogens is 282 g/mol. The normalized spacial score (nSPS) is 24.0. The van der Waals surface area contributed by atoms with Gasteiger partial charge in [0.05, 0.1) is 24.4 Å². The summed E-state index contributed by atoms with van der Waals surface area (Å²) < 4.78 is 3.52. The predicted molar refractivity (Wildman–Crippen MR) is 80.1 cm³/mol. The Morgan fingerprint density at radius 2 is 2.32 bits per heavy atom. The number of hydrogen-bond acceptors (Lipinski definition) is 4. The number of aliphatic hydroxyl groups is 1. The summed E-state index contributed by atoms with van der Waals surface area (Å²) in [6.45, 7) is 2.00. The summed E-state index contributed by atoms with van der Waals surface area (Å²) in [5, 5.41) is 21.2. The number of rotatable bonds is 5. The summed E-state index contributed by atoms with van der Waals surface area (Å²) in [5.74, 6) is -0.00249. The summed E-state index contributed by atoms with van der Waals surface area (Å²) in [4.78, 5) is 12.1. The standard InChI is InChI=1S/C15H21N5O2/c1-10-11(9-17-19(10)2)4-5-14(22)18-12-8-13(21)15(12)20-7-3-6-16-20/h3,6-7,9,12-13,15,21H,4-5,8H2,1-2H3,(H,18,22)/t12-,13+,15+/m0/s1. The Balaban J connectivity index is 1.53. The van der Waals surface area contributed by atoms with Crippen LogP contribution in [0.4, 0.5) is 0 Å². The molecule has 118 valence electrons. The fourth-order valence-electron chi connectivity index (χ4n) is 2.89. The lowest BCUT2D eigenvalue weighted by Gasteiger charge is -2.41. The first-order valence-corrected chi connectivity index (χ1v) is 7.50. The minimum atomic E-state index is -0.453. The van der Waals surface area contributed by atoms with Gasteiger partial charge in [-0.3, -0.25) is 14.2 Å². The van der Waals surface area contributed by atoms with E-state index in [0.717, 1.165) is 11.3 Å². The van der Waals surface area contributed by atoms with Crippen LogP contribution in [0.2, 0.25) is 0 Å². The Morgan fingerprint density at radius 1 is 1.50 bits per heavy atom. The van der Waals surface area contributed by atoms with Crippen LogP contribution >= 0.6 is 0 Å². The van der Waals surface area contributed by atoms with Crippen LogP contribution in [-0.4, -0.2) is 42.7 Å². The molecule has 1 aliphatic carbocycles. The van der Waals surface area contributed by atoms with Crippen molar-refractivity contribution in [2.45, 2.75) is 44.4 Å². The zero-order valence-corrected chi connectivity index (χ0v) is 12.8. The second-order valence-electron chi connectivity index (χ2n) is 5.83. The van der Waals surface area contributed by atoms with Gasteiger partial charge in [0.25, 0.3) is 0 Å². The first kappa shape index (κ1) is 14.8. The Bertz CT molecular complexity index is 649. The molecule has 1 saturated carbocycles. The van der Waals surface area contributed by atoms with Gasteiger partial charge in [-0.2, -0.15) is 10.2 Å². The van der Waals surface area contributed by atoms with Crippen LogP contribution in [0, 0.1) is 6.92 Å². The molecule has 1 aliphatic rings. The second-order valence-corrected chi connectivity index (χ2v) is 5.83. The fourth-order valence-corrected chi connectivity index (χ4v) is 2.89. The molecule has 3 rings (SSSR count). The molecule has 7 nitrogen and oxygen atoms in total. The number of aliphatic hydroxyl groups excluding tert-OH is 1. The Labute approximate surface area is 128 Å². The molecular formula is C15H21N5O2. The quantitative estimate of drug-likeness (QED) is 0.834. The van der Waals surface area contributed by atoms with Crippen molar-refractivity contribution in [2.75, 3.05) is 0 Å². The molecule has 0 spiro atoms. The van der Waals surface area contributed by atoms with E-state index in [1.807, 2.05) is 37.1 Å². The topological polar surface area (TPSA) is 85.0 Å². The van der Waals surface area contributed by atoms with Gasteiger partial charge in [0.1, 0.15) is 0 Å². The first-order valence-electron chi connectivity index (χ1n) is 7.50. The smallest absolute Gasteiger partial charge is 0.220 e. The van der Waals surface area contributed by atoms with E-state index in [1.54, 1.807) is 10.9 Å². The molecule has 0 aromatic carbocycles. The van der Waals surface area contributed by atoms with Crippen molar-refractivity contribution in [2.24, 2.45) is 7.05 Å². The highest BCUT2D eigenvalue weighted by molar-refractivity contribution is 5.76. The molecule has 2 aromatic heterocycles. The second kappa shape index (κ2) is 5.92. The highest BCUT2D eigenvalue weighted by Crippen LogP contribution is 2.32. The molecule has 2 heterocycles. The summed E-state index contributed by atoms with van der Waals surface area (Å²) >= 11 is 0. The maximum absolute atomic E-state index is 12.1. The van der Waals surface area contributed by atoms with E-state index in [-0.39, 0.29) is 18.0 Å².